The fraction of sp³-hybridized carbons (Fsp3) is 0.357. The zero-order valence-electron chi connectivity index (χ0n) is 11.5. The minimum absolute atomic E-state index is 0.0730. The fourth-order valence-corrected chi connectivity index (χ4v) is 1.50. The third-order valence-electron chi connectivity index (χ3n) is 2.77. The summed E-state index contributed by atoms with van der Waals surface area (Å²) in [6.07, 6.45) is -2.62. The number of ketones is 1. The number of carbonyl (C=O) groups is 3. The highest BCUT2D eigenvalue weighted by Crippen LogP contribution is 2.03. The monoisotopic (exact) mass is 295 g/mol. The molecule has 1 aromatic carbocycles. The lowest BCUT2D eigenvalue weighted by atomic mass is 10.1. The zero-order valence-corrected chi connectivity index (χ0v) is 11.5. The predicted molar refractivity (Wildman–Crippen MR) is 72.5 cm³/mol. The van der Waals surface area contributed by atoms with Gasteiger partial charge >= 0.3 is 12.1 Å². The molecule has 0 heterocycles. The van der Waals surface area contributed by atoms with Gasteiger partial charge in [0.05, 0.1) is 12.1 Å². The van der Waals surface area contributed by atoms with Crippen molar-refractivity contribution in [2.24, 2.45) is 0 Å². The number of aliphatic hydroxyl groups excluding tert-OH is 1. The highest BCUT2D eigenvalue weighted by atomic mass is 16.5. The highest BCUT2D eigenvalue weighted by molar-refractivity contribution is 6.32. The molecule has 0 aliphatic carbocycles. The number of carboxylic acid groups (broad SMARTS) is 1. The van der Waals surface area contributed by atoms with Gasteiger partial charge in [-0.1, -0.05) is 30.3 Å². The molecule has 1 amide bonds. The molecule has 0 bridgehead atoms. The number of hydrogen-bond donors (Lipinski definition) is 3. The Kier molecular flexibility index (Phi) is 6.35. The first-order chi connectivity index (χ1) is 9.90. The van der Waals surface area contributed by atoms with Crippen LogP contribution in [0.25, 0.3) is 0 Å². The summed E-state index contributed by atoms with van der Waals surface area (Å²) in [7, 11) is 0. The van der Waals surface area contributed by atoms with Gasteiger partial charge in [0.2, 0.25) is 5.78 Å². The van der Waals surface area contributed by atoms with Crippen molar-refractivity contribution < 1.29 is 29.3 Å². The Balaban J connectivity index is 2.36. The number of Topliss-reactive ketones (excluding diaryl/α,β-unsaturated/α-hetero) is 1. The van der Waals surface area contributed by atoms with Gasteiger partial charge in [0.15, 0.2) is 0 Å². The van der Waals surface area contributed by atoms with Crippen LogP contribution in [0.15, 0.2) is 30.3 Å². The average molecular weight is 295 g/mol. The SMILES string of the molecule is CC(NC(=O)OCc1ccccc1)C(O)CC(=O)C(=O)O. The number of carbonyl (C=O) groups excluding carboxylic acids is 2. The molecule has 0 aliphatic heterocycles. The molecule has 1 aromatic rings. The van der Waals surface area contributed by atoms with Crippen molar-refractivity contribution in [1.29, 1.82) is 0 Å². The van der Waals surface area contributed by atoms with Crippen molar-refractivity contribution in [3.8, 4) is 0 Å². The van der Waals surface area contributed by atoms with Crippen molar-refractivity contribution in [3.63, 3.8) is 0 Å². The Bertz CT molecular complexity index is 501. The van der Waals surface area contributed by atoms with Gasteiger partial charge in [-0.05, 0) is 12.5 Å². The maximum absolute atomic E-state index is 11.5. The summed E-state index contributed by atoms with van der Waals surface area (Å²) in [5, 5.41) is 20.4. The summed E-state index contributed by atoms with van der Waals surface area (Å²) < 4.78 is 4.94. The molecule has 3 N–H and O–H groups in total. The first-order valence-electron chi connectivity index (χ1n) is 6.31. The molecule has 0 spiro atoms. The van der Waals surface area contributed by atoms with E-state index < -0.39 is 36.4 Å². The van der Waals surface area contributed by atoms with Gasteiger partial charge in [-0.2, -0.15) is 0 Å². The van der Waals surface area contributed by atoms with Gasteiger partial charge in [0.1, 0.15) is 6.61 Å². The van der Waals surface area contributed by atoms with Crippen LogP contribution in [0, 0.1) is 0 Å². The van der Waals surface area contributed by atoms with Crippen LogP contribution in [0.4, 0.5) is 4.79 Å². The van der Waals surface area contributed by atoms with Gasteiger partial charge in [-0.15, -0.1) is 0 Å². The van der Waals surface area contributed by atoms with Gasteiger partial charge in [-0.25, -0.2) is 9.59 Å². The maximum Gasteiger partial charge on any atom is 0.407 e. The minimum atomic E-state index is -1.62. The fourth-order valence-electron chi connectivity index (χ4n) is 1.50. The summed E-state index contributed by atoms with van der Waals surface area (Å²) >= 11 is 0. The van der Waals surface area contributed by atoms with Crippen LogP contribution in [-0.2, 0) is 20.9 Å². The lowest BCUT2D eigenvalue weighted by molar-refractivity contribution is -0.150. The zero-order chi connectivity index (χ0) is 15.8. The minimum Gasteiger partial charge on any atom is -0.475 e. The Labute approximate surface area is 121 Å². The normalized spacial score (nSPS) is 13.0. The molecule has 0 saturated heterocycles. The molecular weight excluding hydrogens is 278 g/mol. The largest absolute Gasteiger partial charge is 0.475 e. The van der Waals surface area contributed by atoms with Crippen LogP contribution >= 0.6 is 0 Å². The van der Waals surface area contributed by atoms with E-state index >= 15 is 0 Å². The highest BCUT2D eigenvalue weighted by Gasteiger charge is 2.23. The van der Waals surface area contributed by atoms with Gasteiger partial charge < -0.3 is 20.3 Å². The summed E-state index contributed by atoms with van der Waals surface area (Å²) in [4.78, 5) is 32.8. The Morgan fingerprint density at radius 3 is 2.43 bits per heavy atom. The van der Waals surface area contributed by atoms with E-state index in [1.165, 1.54) is 6.92 Å². The first kappa shape index (κ1) is 16.6. The standard InChI is InChI=1S/C14H17NO6/c1-9(11(16)7-12(17)13(18)19)15-14(20)21-8-10-5-3-2-4-6-10/h2-6,9,11,16H,7-8H2,1H3,(H,15,20)(H,18,19). The second-order valence-corrected chi connectivity index (χ2v) is 4.49. The van der Waals surface area contributed by atoms with Crippen LogP contribution in [0.2, 0.25) is 0 Å². The van der Waals surface area contributed by atoms with E-state index in [0.29, 0.717) is 0 Å². The number of benzene rings is 1. The molecule has 21 heavy (non-hydrogen) atoms. The van der Waals surface area contributed by atoms with E-state index in [0.717, 1.165) is 5.56 Å². The molecule has 0 saturated carbocycles. The average Bonchev–Trinajstić information content (AvgIpc) is 2.45. The number of hydrogen-bond acceptors (Lipinski definition) is 5. The Morgan fingerprint density at radius 1 is 1.24 bits per heavy atom. The Hall–Kier alpha value is -2.41. The van der Waals surface area contributed by atoms with Gasteiger partial charge in [-0.3, -0.25) is 4.79 Å². The van der Waals surface area contributed by atoms with Crippen LogP contribution in [0.5, 0.6) is 0 Å². The van der Waals surface area contributed by atoms with Gasteiger partial charge in [0.25, 0.3) is 0 Å². The summed E-state index contributed by atoms with van der Waals surface area (Å²) in [6.45, 7) is 1.52. The van der Waals surface area contributed by atoms with E-state index in [4.69, 9.17) is 9.84 Å². The number of ether oxygens (including phenoxy) is 1. The third-order valence-corrected chi connectivity index (χ3v) is 2.77. The molecule has 0 radical (unpaired) electrons. The number of aliphatic carboxylic acids is 1. The van der Waals surface area contributed by atoms with Crippen LogP contribution < -0.4 is 5.32 Å². The lowest BCUT2D eigenvalue weighted by Crippen LogP contribution is -2.42. The summed E-state index contributed by atoms with van der Waals surface area (Å²) in [5.41, 5.74) is 0.807. The van der Waals surface area contributed by atoms with Crippen molar-refractivity contribution in [2.75, 3.05) is 0 Å². The molecule has 2 unspecified atom stereocenters. The Morgan fingerprint density at radius 2 is 1.86 bits per heavy atom. The molecule has 1 rings (SSSR count). The third kappa shape index (κ3) is 6.05. The van der Waals surface area contributed by atoms with Crippen molar-refractivity contribution in [2.45, 2.75) is 32.1 Å². The second kappa shape index (κ2) is 8.01. The lowest BCUT2D eigenvalue weighted by Gasteiger charge is -2.18. The van der Waals surface area contributed by atoms with E-state index in [1.807, 2.05) is 6.07 Å². The maximum atomic E-state index is 11.5. The number of aliphatic hydroxyl groups is 1. The van der Waals surface area contributed by atoms with E-state index in [9.17, 15) is 19.5 Å². The quantitative estimate of drug-likeness (QED) is 0.638. The topological polar surface area (TPSA) is 113 Å². The van der Waals surface area contributed by atoms with Crippen LogP contribution in [-0.4, -0.2) is 40.2 Å². The molecule has 0 aromatic heterocycles. The summed E-state index contributed by atoms with van der Waals surface area (Å²) in [6, 6.07) is 8.22. The molecular formula is C14H17NO6. The number of amides is 1. The first-order valence-corrected chi connectivity index (χ1v) is 6.31. The van der Waals surface area contributed by atoms with Crippen molar-refractivity contribution >= 4 is 17.8 Å². The number of nitrogens with one attached hydrogen (secondary N) is 1. The molecule has 114 valence electrons. The van der Waals surface area contributed by atoms with E-state index in [2.05, 4.69) is 5.32 Å². The van der Waals surface area contributed by atoms with E-state index in [-0.39, 0.29) is 6.61 Å². The smallest absolute Gasteiger partial charge is 0.407 e. The molecule has 0 fully saturated rings. The van der Waals surface area contributed by atoms with Gasteiger partial charge in [0, 0.05) is 6.42 Å². The molecule has 7 nitrogen and oxygen atoms in total. The predicted octanol–water partition coefficient (Wildman–Crippen LogP) is 0.706. The molecule has 2 atom stereocenters. The number of rotatable bonds is 7. The molecule has 7 heteroatoms. The van der Waals surface area contributed by atoms with Crippen molar-refractivity contribution in [3.05, 3.63) is 35.9 Å². The molecule has 0 aliphatic rings. The van der Waals surface area contributed by atoms with Crippen LogP contribution in [0.3, 0.4) is 0 Å². The summed E-state index contributed by atoms with van der Waals surface area (Å²) in [5.74, 6) is -2.73. The number of carboxylic acids is 1. The number of alkyl carbamates (subject to hydrolysis) is 1. The van der Waals surface area contributed by atoms with E-state index in [1.54, 1.807) is 24.3 Å². The van der Waals surface area contributed by atoms with Crippen LogP contribution in [0.1, 0.15) is 18.9 Å². The van der Waals surface area contributed by atoms with Crippen molar-refractivity contribution in [1.82, 2.24) is 5.32 Å². The second-order valence-electron chi connectivity index (χ2n) is 4.49.